The third kappa shape index (κ3) is 1.95. The third-order valence-electron chi connectivity index (χ3n) is 2.78. The Morgan fingerprint density at radius 2 is 2.33 bits per heavy atom. The predicted octanol–water partition coefficient (Wildman–Crippen LogP) is 1.07. The Hall–Kier alpha value is 0.270. The Bertz CT molecular complexity index is 143. The summed E-state index contributed by atoms with van der Waals surface area (Å²) in [6, 6.07) is 0.843. The van der Waals surface area contributed by atoms with Crippen molar-refractivity contribution >= 4 is 11.8 Å². The molecule has 2 heterocycles. The zero-order valence-corrected chi connectivity index (χ0v) is 8.48. The zero-order valence-electron chi connectivity index (χ0n) is 7.66. The van der Waals surface area contributed by atoms with Gasteiger partial charge in [-0.05, 0) is 19.2 Å². The fourth-order valence-corrected chi connectivity index (χ4v) is 3.11. The highest BCUT2D eigenvalue weighted by Gasteiger charge is 2.25. The lowest BCUT2D eigenvalue weighted by Crippen LogP contribution is -2.42. The highest BCUT2D eigenvalue weighted by Crippen LogP contribution is 2.23. The van der Waals surface area contributed by atoms with Crippen LogP contribution < -0.4 is 0 Å². The van der Waals surface area contributed by atoms with Crippen LogP contribution in [0.3, 0.4) is 0 Å². The van der Waals surface area contributed by atoms with Gasteiger partial charge in [0.05, 0.1) is 13.2 Å². The van der Waals surface area contributed by atoms with Crippen LogP contribution in [0.15, 0.2) is 0 Å². The topological polar surface area (TPSA) is 12.5 Å². The first-order chi connectivity index (χ1) is 5.86. The lowest BCUT2D eigenvalue weighted by atomic mass is 10.1. The smallest absolute Gasteiger partial charge is 0.0528 e. The average Bonchev–Trinajstić information content (AvgIpc) is 2.47. The van der Waals surface area contributed by atoms with Crippen LogP contribution in [0.1, 0.15) is 6.42 Å². The number of hydrogen-bond donors (Lipinski definition) is 0. The minimum Gasteiger partial charge on any atom is -0.381 e. The number of ether oxygens (including phenoxy) is 1. The molecular formula is C9H17NOS. The maximum Gasteiger partial charge on any atom is 0.0528 e. The van der Waals surface area contributed by atoms with E-state index in [0.29, 0.717) is 0 Å². The lowest BCUT2D eigenvalue weighted by molar-refractivity contribution is -0.0469. The van der Waals surface area contributed by atoms with E-state index in [4.69, 9.17) is 4.74 Å². The van der Waals surface area contributed by atoms with E-state index >= 15 is 0 Å². The van der Waals surface area contributed by atoms with Gasteiger partial charge in [-0.3, -0.25) is 0 Å². The van der Waals surface area contributed by atoms with E-state index in [1.54, 1.807) is 0 Å². The third-order valence-corrected chi connectivity index (χ3v) is 3.93. The number of hydrogen-bond acceptors (Lipinski definition) is 3. The molecule has 0 aromatic rings. The van der Waals surface area contributed by atoms with Crippen molar-refractivity contribution in [2.75, 3.05) is 38.3 Å². The molecule has 0 aromatic heterocycles. The van der Waals surface area contributed by atoms with Gasteiger partial charge in [-0.2, -0.15) is 11.8 Å². The largest absolute Gasteiger partial charge is 0.381 e. The summed E-state index contributed by atoms with van der Waals surface area (Å²) in [6.45, 7) is 3.22. The summed E-state index contributed by atoms with van der Waals surface area (Å²) in [5, 5.41) is 0. The van der Waals surface area contributed by atoms with E-state index in [-0.39, 0.29) is 0 Å². The molecule has 0 bridgehead atoms. The monoisotopic (exact) mass is 187 g/mol. The van der Waals surface area contributed by atoms with Gasteiger partial charge in [-0.15, -0.1) is 0 Å². The van der Waals surface area contributed by atoms with E-state index in [2.05, 4.69) is 23.7 Å². The molecule has 2 fully saturated rings. The maximum absolute atomic E-state index is 5.17. The summed E-state index contributed by atoms with van der Waals surface area (Å²) in [7, 11) is 2.26. The van der Waals surface area contributed by atoms with Crippen LogP contribution in [0.4, 0.5) is 0 Å². The molecular weight excluding hydrogens is 170 g/mol. The second-order valence-electron chi connectivity index (χ2n) is 3.86. The molecule has 3 heteroatoms. The second-order valence-corrected chi connectivity index (χ2v) is 5.01. The van der Waals surface area contributed by atoms with Crippen molar-refractivity contribution in [2.45, 2.75) is 12.5 Å². The minimum absolute atomic E-state index is 0.820. The number of thioether (sulfide) groups is 1. The van der Waals surface area contributed by atoms with Gasteiger partial charge in [0, 0.05) is 24.3 Å². The molecule has 2 aliphatic rings. The highest BCUT2D eigenvalue weighted by atomic mass is 32.2. The molecule has 0 aliphatic carbocycles. The molecule has 0 aromatic carbocycles. The van der Waals surface area contributed by atoms with E-state index < -0.39 is 0 Å². The van der Waals surface area contributed by atoms with Crippen molar-refractivity contribution in [3.63, 3.8) is 0 Å². The molecule has 0 radical (unpaired) electrons. The van der Waals surface area contributed by atoms with Gasteiger partial charge in [-0.1, -0.05) is 0 Å². The summed E-state index contributed by atoms with van der Waals surface area (Å²) in [5.74, 6) is 3.51. The zero-order chi connectivity index (χ0) is 8.39. The van der Waals surface area contributed by atoms with E-state index in [1.807, 2.05) is 0 Å². The standard InChI is InChI=1S/C9H17NOS/c1-10(4-8-5-11-6-8)9-2-3-12-7-9/h8-9H,2-7H2,1H3. The first-order valence-corrected chi connectivity index (χ1v) is 5.87. The molecule has 2 rings (SSSR count). The molecule has 1 atom stereocenters. The average molecular weight is 187 g/mol. The SMILES string of the molecule is CN(CC1COC1)C1CCSC1. The molecule has 0 N–H and O–H groups in total. The summed E-state index contributed by atoms with van der Waals surface area (Å²) in [6.07, 6.45) is 1.38. The molecule has 0 spiro atoms. The quantitative estimate of drug-likeness (QED) is 0.656. The number of nitrogens with zero attached hydrogens (tertiary/aromatic N) is 1. The van der Waals surface area contributed by atoms with Crippen LogP contribution in [0.2, 0.25) is 0 Å². The van der Waals surface area contributed by atoms with Gasteiger partial charge in [0.2, 0.25) is 0 Å². The van der Waals surface area contributed by atoms with Crippen molar-refractivity contribution in [1.82, 2.24) is 4.90 Å². The molecule has 2 nitrogen and oxygen atoms in total. The van der Waals surface area contributed by atoms with Crippen molar-refractivity contribution < 1.29 is 4.74 Å². The highest BCUT2D eigenvalue weighted by molar-refractivity contribution is 7.99. The van der Waals surface area contributed by atoms with E-state index in [0.717, 1.165) is 25.2 Å². The van der Waals surface area contributed by atoms with Crippen LogP contribution in [0.25, 0.3) is 0 Å². The summed E-state index contributed by atoms with van der Waals surface area (Å²) >= 11 is 2.09. The van der Waals surface area contributed by atoms with E-state index in [9.17, 15) is 0 Å². The van der Waals surface area contributed by atoms with Gasteiger partial charge in [0.1, 0.15) is 0 Å². The molecule has 2 saturated heterocycles. The molecule has 12 heavy (non-hydrogen) atoms. The van der Waals surface area contributed by atoms with Gasteiger partial charge < -0.3 is 9.64 Å². The van der Waals surface area contributed by atoms with Gasteiger partial charge in [0.25, 0.3) is 0 Å². The lowest BCUT2D eigenvalue weighted by Gasteiger charge is -2.33. The molecule has 2 aliphatic heterocycles. The first-order valence-electron chi connectivity index (χ1n) is 4.72. The van der Waals surface area contributed by atoms with Crippen LogP contribution in [-0.2, 0) is 4.74 Å². The Balaban J connectivity index is 1.71. The second kappa shape index (κ2) is 3.99. The van der Waals surface area contributed by atoms with Crippen LogP contribution in [0.5, 0.6) is 0 Å². The Morgan fingerprint density at radius 3 is 2.83 bits per heavy atom. The van der Waals surface area contributed by atoms with Crippen molar-refractivity contribution in [3.8, 4) is 0 Å². The maximum atomic E-state index is 5.17. The van der Waals surface area contributed by atoms with Gasteiger partial charge >= 0.3 is 0 Å². The van der Waals surface area contributed by atoms with Gasteiger partial charge in [-0.25, -0.2) is 0 Å². The Kier molecular flexibility index (Phi) is 2.94. The van der Waals surface area contributed by atoms with Crippen molar-refractivity contribution in [3.05, 3.63) is 0 Å². The fraction of sp³-hybridized carbons (Fsp3) is 1.00. The van der Waals surface area contributed by atoms with Crippen molar-refractivity contribution in [1.29, 1.82) is 0 Å². The van der Waals surface area contributed by atoms with Crippen LogP contribution >= 0.6 is 11.8 Å². The molecule has 1 unspecified atom stereocenters. The molecule has 0 amide bonds. The normalized spacial score (nSPS) is 31.0. The summed E-state index contributed by atoms with van der Waals surface area (Å²) in [5.41, 5.74) is 0. The van der Waals surface area contributed by atoms with Crippen LogP contribution in [0, 0.1) is 5.92 Å². The number of rotatable bonds is 3. The molecule has 0 saturated carbocycles. The fourth-order valence-electron chi connectivity index (χ4n) is 1.82. The van der Waals surface area contributed by atoms with Crippen LogP contribution in [-0.4, -0.2) is 49.3 Å². The summed E-state index contributed by atoms with van der Waals surface area (Å²) in [4.78, 5) is 2.52. The Labute approximate surface area is 78.6 Å². The summed E-state index contributed by atoms with van der Waals surface area (Å²) < 4.78 is 5.17. The first kappa shape index (κ1) is 8.85. The van der Waals surface area contributed by atoms with Gasteiger partial charge in [0.15, 0.2) is 0 Å². The minimum atomic E-state index is 0.820. The predicted molar refractivity (Wildman–Crippen MR) is 52.7 cm³/mol. The van der Waals surface area contributed by atoms with Crippen molar-refractivity contribution in [2.24, 2.45) is 5.92 Å². The molecule has 70 valence electrons. The Morgan fingerprint density at radius 1 is 1.50 bits per heavy atom. The van der Waals surface area contributed by atoms with E-state index in [1.165, 1.54) is 24.5 Å².